The third kappa shape index (κ3) is 12.8. The summed E-state index contributed by atoms with van der Waals surface area (Å²) in [4.78, 5) is 75.7. The number of likely N-dealkylation sites (tertiary alicyclic amines) is 1. The van der Waals surface area contributed by atoms with Crippen LogP contribution in [-0.4, -0.2) is 113 Å². The molecule has 3 aromatic carbocycles. The van der Waals surface area contributed by atoms with Crippen LogP contribution in [0.2, 0.25) is 0 Å². The molecule has 5 amide bonds. The minimum absolute atomic E-state index is 0.00995. The molecule has 72 heavy (non-hydrogen) atoms. The topological polar surface area (TPSA) is 207 Å². The fraction of sp³-hybridized carbons (Fsp3) is 0.440. The van der Waals surface area contributed by atoms with Gasteiger partial charge in [0.1, 0.15) is 23.4 Å². The number of nitrogens with zero attached hydrogens (tertiary/aromatic N) is 5. The number of aryl methyl sites for hydroxylation is 1. The van der Waals surface area contributed by atoms with Crippen molar-refractivity contribution in [1.29, 1.82) is 5.26 Å². The fourth-order valence-electron chi connectivity index (χ4n) is 8.29. The zero-order valence-electron chi connectivity index (χ0n) is 40.5. The molecule has 0 bridgehead atoms. The molecule has 4 N–H and O–H groups in total. The molecular formula is C50H56F4N8O8S2. The lowest BCUT2D eigenvalue weighted by Gasteiger charge is -2.35. The van der Waals surface area contributed by atoms with Crippen molar-refractivity contribution >= 4 is 69.6 Å². The van der Waals surface area contributed by atoms with Gasteiger partial charge in [0.2, 0.25) is 17.7 Å². The summed E-state index contributed by atoms with van der Waals surface area (Å²) in [5, 5.41) is 27.8. The first-order valence-corrected chi connectivity index (χ1v) is 24.3. The predicted molar refractivity (Wildman–Crippen MR) is 264 cm³/mol. The molecule has 6 rings (SSSR count). The SMILES string of the molecule is Cc1ncsc1-c1ccc(CNC(=O)[C@@H]2C[C@@H](O)CN2C(=O)C(NC(=O)CCCOCCOCCNC(=O)c2ccc(N3C(=S)N(c4ccc(C#N)c(C(F)(F)F)c4)C(=O)C3(C)C)cc2F)C(C)(C)C)cc1. The lowest BCUT2D eigenvalue weighted by Crippen LogP contribution is -2.57. The van der Waals surface area contributed by atoms with Gasteiger partial charge in [-0.25, -0.2) is 9.37 Å². The molecule has 0 spiro atoms. The van der Waals surface area contributed by atoms with E-state index in [4.69, 9.17) is 21.7 Å². The number of carbonyl (C=O) groups excluding carboxylic acids is 5. The summed E-state index contributed by atoms with van der Waals surface area (Å²) >= 11 is 7.06. The van der Waals surface area contributed by atoms with Crippen LogP contribution >= 0.6 is 23.6 Å². The number of ether oxygens (including phenoxy) is 2. The Morgan fingerprint density at radius 2 is 1.67 bits per heavy atom. The van der Waals surface area contributed by atoms with E-state index in [2.05, 4.69) is 20.9 Å². The molecule has 1 unspecified atom stereocenters. The average molecular weight is 1040 g/mol. The standard InChI is InChI=1S/C50H56F4N8O8S2/c1-29-41(72-28-58-29)31-11-9-30(10-12-31)26-57-44(66)39-24-35(63)27-60(39)45(67)42(48(2,3)4)59-40(64)8-7-18-69-20-21-70-19-17-56-43(65)36-16-15-34(23-38(36)51)62-47(71)61(46(68)49(62,5)6)33-14-13-32(25-55)37(22-33)50(52,53)54/h9-16,22-23,28,35,39,42,63H,7-8,17-21,24,26-27H2,1-6H3,(H,56,65)(H,57,66)(H,59,64)/t35-,39+,42?/m1/s1. The summed E-state index contributed by atoms with van der Waals surface area (Å²) in [7, 11) is 0. The van der Waals surface area contributed by atoms with Crippen LogP contribution in [0, 0.1) is 29.5 Å². The molecule has 2 aliphatic rings. The Morgan fingerprint density at radius 1 is 0.986 bits per heavy atom. The number of amides is 5. The third-order valence-electron chi connectivity index (χ3n) is 12.1. The van der Waals surface area contributed by atoms with E-state index in [1.165, 1.54) is 47.9 Å². The van der Waals surface area contributed by atoms with Gasteiger partial charge in [-0.1, -0.05) is 45.0 Å². The minimum Gasteiger partial charge on any atom is -0.391 e. The number of nitrogens with one attached hydrogen (secondary N) is 3. The molecule has 2 saturated heterocycles. The van der Waals surface area contributed by atoms with E-state index in [0.29, 0.717) is 12.5 Å². The van der Waals surface area contributed by atoms with Gasteiger partial charge in [-0.15, -0.1) is 11.3 Å². The van der Waals surface area contributed by atoms with Crippen LogP contribution < -0.4 is 25.8 Å². The highest BCUT2D eigenvalue weighted by Crippen LogP contribution is 2.40. The first-order chi connectivity index (χ1) is 33.9. The fourth-order valence-corrected chi connectivity index (χ4v) is 9.62. The van der Waals surface area contributed by atoms with Crippen molar-refractivity contribution in [3.8, 4) is 16.5 Å². The number of nitriles is 1. The molecule has 4 aromatic rings. The molecule has 2 fully saturated rings. The van der Waals surface area contributed by atoms with Gasteiger partial charge < -0.3 is 40.3 Å². The number of thiazole rings is 1. The number of carbonyl (C=O) groups is 5. The Bertz CT molecular complexity index is 2720. The second-order valence-electron chi connectivity index (χ2n) is 18.8. The highest BCUT2D eigenvalue weighted by molar-refractivity contribution is 7.81. The maximum absolute atomic E-state index is 15.4. The van der Waals surface area contributed by atoms with Crippen molar-refractivity contribution in [2.45, 2.75) is 97.3 Å². The first-order valence-electron chi connectivity index (χ1n) is 23.0. The van der Waals surface area contributed by atoms with Gasteiger partial charge in [0.25, 0.3) is 11.8 Å². The molecular weight excluding hydrogens is 981 g/mol. The summed E-state index contributed by atoms with van der Waals surface area (Å²) in [5.41, 5.74) is 0.0517. The molecule has 3 atom stereocenters. The van der Waals surface area contributed by atoms with Gasteiger partial charge >= 0.3 is 6.18 Å². The Labute approximate surface area is 423 Å². The van der Waals surface area contributed by atoms with Gasteiger partial charge in [-0.05, 0) is 92.4 Å². The monoisotopic (exact) mass is 1040 g/mol. The number of rotatable bonds is 19. The number of anilines is 2. The maximum atomic E-state index is 15.4. The normalized spacial score (nSPS) is 17.2. The Kier molecular flexibility index (Phi) is 17.6. The third-order valence-corrected chi connectivity index (χ3v) is 13.5. The molecule has 2 aliphatic heterocycles. The highest BCUT2D eigenvalue weighted by atomic mass is 32.1. The van der Waals surface area contributed by atoms with Crippen LogP contribution in [0.3, 0.4) is 0 Å². The Morgan fingerprint density at radius 3 is 2.29 bits per heavy atom. The second-order valence-corrected chi connectivity index (χ2v) is 20.1. The van der Waals surface area contributed by atoms with Gasteiger partial charge in [0.05, 0.1) is 70.5 Å². The summed E-state index contributed by atoms with van der Waals surface area (Å²) < 4.78 is 67.7. The molecule has 16 nitrogen and oxygen atoms in total. The molecule has 22 heteroatoms. The van der Waals surface area contributed by atoms with E-state index >= 15 is 4.39 Å². The first kappa shape index (κ1) is 54.9. The van der Waals surface area contributed by atoms with Crippen molar-refractivity contribution in [3.05, 3.63) is 99.9 Å². The van der Waals surface area contributed by atoms with E-state index < -0.39 is 81.8 Å². The number of halogens is 4. The zero-order valence-corrected chi connectivity index (χ0v) is 42.2. The second kappa shape index (κ2) is 23.0. The van der Waals surface area contributed by atoms with Gasteiger partial charge in [0.15, 0.2) is 5.11 Å². The van der Waals surface area contributed by atoms with E-state index in [9.17, 15) is 47.5 Å². The Hall–Kier alpha value is -6.38. The lowest BCUT2D eigenvalue weighted by atomic mass is 9.85. The predicted octanol–water partition coefficient (Wildman–Crippen LogP) is 6.42. The number of alkyl halides is 3. The number of aliphatic hydroxyl groups is 1. The average Bonchev–Trinajstić information content (AvgIpc) is 3.99. The van der Waals surface area contributed by atoms with Crippen LogP contribution in [0.15, 0.2) is 66.2 Å². The maximum Gasteiger partial charge on any atom is 0.417 e. The van der Waals surface area contributed by atoms with Crippen molar-refractivity contribution < 1.29 is 56.1 Å². The molecule has 0 aliphatic carbocycles. The number of benzene rings is 3. The number of aliphatic hydroxyl groups excluding tert-OH is 1. The molecule has 1 aromatic heterocycles. The Balaban J connectivity index is 0.894. The summed E-state index contributed by atoms with van der Waals surface area (Å²) in [6, 6.07) is 13.6. The van der Waals surface area contributed by atoms with E-state index in [0.717, 1.165) is 38.7 Å². The lowest BCUT2D eigenvalue weighted by molar-refractivity contribution is -0.144. The van der Waals surface area contributed by atoms with Crippen LogP contribution in [0.25, 0.3) is 10.4 Å². The molecule has 0 saturated carbocycles. The summed E-state index contributed by atoms with van der Waals surface area (Å²) in [6.07, 6.45) is -5.36. The van der Waals surface area contributed by atoms with Crippen molar-refractivity contribution in [1.82, 2.24) is 25.8 Å². The number of β-amino-alcohol motifs (C(OH)–C–C–N with tert-alkyl or cyclic N) is 1. The van der Waals surface area contributed by atoms with Gasteiger partial charge in [-0.2, -0.15) is 18.4 Å². The van der Waals surface area contributed by atoms with Gasteiger partial charge in [-0.3, -0.25) is 28.9 Å². The van der Waals surface area contributed by atoms with Crippen LogP contribution in [0.1, 0.15) is 86.6 Å². The molecule has 0 radical (unpaired) electrons. The minimum atomic E-state index is -4.88. The van der Waals surface area contributed by atoms with Crippen LogP contribution in [-0.2, 0) is 41.4 Å². The van der Waals surface area contributed by atoms with E-state index in [1.54, 1.807) is 37.6 Å². The van der Waals surface area contributed by atoms with Crippen molar-refractivity contribution in [2.24, 2.45) is 5.41 Å². The van der Waals surface area contributed by atoms with Crippen LogP contribution in [0.4, 0.5) is 28.9 Å². The summed E-state index contributed by atoms with van der Waals surface area (Å²) in [6.45, 7) is 11.0. The number of hydrogen-bond acceptors (Lipinski definition) is 12. The number of hydrogen-bond donors (Lipinski definition) is 4. The van der Waals surface area contributed by atoms with E-state index in [1.807, 2.05) is 31.2 Å². The number of aromatic nitrogens is 1. The van der Waals surface area contributed by atoms with Crippen molar-refractivity contribution in [3.63, 3.8) is 0 Å². The van der Waals surface area contributed by atoms with Crippen LogP contribution in [0.5, 0.6) is 0 Å². The zero-order chi connectivity index (χ0) is 52.7. The molecule has 384 valence electrons. The van der Waals surface area contributed by atoms with E-state index in [-0.39, 0.29) is 81.0 Å². The largest absolute Gasteiger partial charge is 0.417 e. The van der Waals surface area contributed by atoms with Gasteiger partial charge in [0, 0.05) is 44.8 Å². The number of thiocarbonyl (C=S) groups is 1. The smallest absolute Gasteiger partial charge is 0.391 e. The van der Waals surface area contributed by atoms with Crippen molar-refractivity contribution in [2.75, 3.05) is 49.3 Å². The highest BCUT2D eigenvalue weighted by Gasteiger charge is 2.51. The molecule has 3 heterocycles. The summed E-state index contributed by atoms with van der Waals surface area (Å²) in [5.74, 6) is -3.67. The quantitative estimate of drug-likeness (QED) is 0.0457.